The van der Waals surface area contributed by atoms with Gasteiger partial charge in [0.15, 0.2) is 11.5 Å². The largest absolute Gasteiger partial charge is 0.501 e. The topological polar surface area (TPSA) is 52.6 Å². The summed E-state index contributed by atoms with van der Waals surface area (Å²) in [6, 6.07) is 3.67. The van der Waals surface area contributed by atoms with Crippen molar-refractivity contribution in [1.29, 1.82) is 0 Å². The van der Waals surface area contributed by atoms with E-state index in [4.69, 9.17) is 8.37 Å². The Hall–Kier alpha value is -1.23. The predicted octanol–water partition coefficient (Wildman–Crippen LogP) is 1.57. The molecule has 76 valence electrons. The lowest BCUT2D eigenvalue weighted by atomic mass is 10.1. The Morgan fingerprint density at radius 3 is 2.50 bits per heavy atom. The summed E-state index contributed by atoms with van der Waals surface area (Å²) in [6.07, 6.45) is 0.710. The number of hydrogen-bond acceptors (Lipinski definition) is 4. The van der Waals surface area contributed by atoms with E-state index in [1.54, 1.807) is 6.92 Å². The third-order valence-corrected chi connectivity index (χ3v) is 2.88. The second kappa shape index (κ2) is 2.88. The van der Waals surface area contributed by atoms with Crippen LogP contribution in [0.25, 0.3) is 0 Å². The lowest BCUT2D eigenvalue weighted by molar-refractivity contribution is 0.435. The summed E-state index contributed by atoms with van der Waals surface area (Å²) in [6.45, 7) is 3.71. The van der Waals surface area contributed by atoms with E-state index < -0.39 is 10.4 Å². The second-order valence-corrected chi connectivity index (χ2v) is 4.28. The summed E-state index contributed by atoms with van der Waals surface area (Å²) in [5.41, 5.74) is 1.60. The molecule has 1 aromatic carbocycles. The fourth-order valence-electron chi connectivity index (χ4n) is 1.40. The van der Waals surface area contributed by atoms with Crippen LogP contribution in [0.3, 0.4) is 0 Å². The van der Waals surface area contributed by atoms with E-state index >= 15 is 0 Å². The highest BCUT2D eigenvalue weighted by molar-refractivity contribution is 7.82. The predicted molar refractivity (Wildman–Crippen MR) is 50.7 cm³/mol. The van der Waals surface area contributed by atoms with Gasteiger partial charge < -0.3 is 8.37 Å². The Balaban J connectivity index is 2.64. The monoisotopic (exact) mass is 214 g/mol. The van der Waals surface area contributed by atoms with Gasteiger partial charge in [-0.05, 0) is 24.5 Å². The van der Waals surface area contributed by atoms with E-state index in [2.05, 4.69) is 0 Å². The van der Waals surface area contributed by atoms with E-state index in [0.29, 0.717) is 17.9 Å². The quantitative estimate of drug-likeness (QED) is 0.712. The van der Waals surface area contributed by atoms with Crippen molar-refractivity contribution >= 4 is 10.4 Å². The van der Waals surface area contributed by atoms with E-state index in [1.165, 1.54) is 0 Å². The number of rotatable bonds is 1. The maximum Gasteiger partial charge on any atom is 0.501 e. The first-order valence-corrected chi connectivity index (χ1v) is 5.63. The van der Waals surface area contributed by atoms with Gasteiger partial charge in [0, 0.05) is 0 Å². The zero-order valence-corrected chi connectivity index (χ0v) is 8.72. The van der Waals surface area contributed by atoms with E-state index in [-0.39, 0.29) is 0 Å². The molecule has 4 nitrogen and oxygen atoms in total. The van der Waals surface area contributed by atoms with Gasteiger partial charge in [0.2, 0.25) is 0 Å². The van der Waals surface area contributed by atoms with Crippen molar-refractivity contribution in [2.24, 2.45) is 0 Å². The minimum absolute atomic E-state index is 0.323. The molecule has 0 aliphatic carbocycles. The molecule has 5 heteroatoms. The van der Waals surface area contributed by atoms with Crippen molar-refractivity contribution in [3.8, 4) is 11.5 Å². The lowest BCUT2D eigenvalue weighted by Gasteiger charge is -2.02. The molecule has 0 bridgehead atoms. The summed E-state index contributed by atoms with van der Waals surface area (Å²) in [7, 11) is -3.86. The molecule has 0 atom stereocenters. The van der Waals surface area contributed by atoms with Crippen LogP contribution in [0.15, 0.2) is 12.1 Å². The molecule has 0 radical (unpaired) electrons. The van der Waals surface area contributed by atoms with Crippen molar-refractivity contribution in [1.82, 2.24) is 0 Å². The number of fused-ring (bicyclic) bond motifs is 1. The summed E-state index contributed by atoms with van der Waals surface area (Å²) >= 11 is 0. The molecule has 1 aliphatic rings. The summed E-state index contributed by atoms with van der Waals surface area (Å²) in [4.78, 5) is 0. The average Bonchev–Trinajstić information content (AvgIpc) is 2.42. The maximum atomic E-state index is 11.1. The number of hydrogen-bond donors (Lipinski definition) is 0. The molecule has 1 aromatic rings. The van der Waals surface area contributed by atoms with Crippen molar-refractivity contribution in [3.63, 3.8) is 0 Å². The third-order valence-electron chi connectivity index (χ3n) is 2.14. The Kier molecular flexibility index (Phi) is 1.92. The fourth-order valence-corrected chi connectivity index (χ4v) is 2.23. The van der Waals surface area contributed by atoms with E-state index in [9.17, 15) is 8.42 Å². The molecule has 2 rings (SSSR count). The minimum Gasteiger partial charge on any atom is -0.348 e. The standard InChI is InChI=1S/C9H10O4S/c1-3-7-5-4-6(2)8-9(7)13-14(10,11)12-8/h4-5H,3H2,1-2H3. The fraction of sp³-hybridized carbons (Fsp3) is 0.333. The number of benzene rings is 1. The van der Waals surface area contributed by atoms with Crippen LogP contribution >= 0.6 is 0 Å². The van der Waals surface area contributed by atoms with E-state index in [1.807, 2.05) is 19.1 Å². The number of aryl methyl sites for hydroxylation is 2. The Bertz CT molecular complexity index is 476. The van der Waals surface area contributed by atoms with Crippen molar-refractivity contribution < 1.29 is 16.8 Å². The molecule has 0 amide bonds. The first kappa shape index (κ1) is 9.33. The van der Waals surface area contributed by atoms with Crippen LogP contribution in [-0.4, -0.2) is 8.42 Å². The molecule has 0 spiro atoms. The van der Waals surface area contributed by atoms with Crippen LogP contribution in [0.5, 0.6) is 11.5 Å². The summed E-state index contributed by atoms with van der Waals surface area (Å²) in [5, 5.41) is 0. The van der Waals surface area contributed by atoms with Gasteiger partial charge in [-0.1, -0.05) is 19.1 Å². The highest BCUT2D eigenvalue weighted by Gasteiger charge is 2.31. The summed E-state index contributed by atoms with van der Waals surface area (Å²) < 4.78 is 31.6. The third kappa shape index (κ3) is 1.33. The van der Waals surface area contributed by atoms with Crippen molar-refractivity contribution in [3.05, 3.63) is 23.3 Å². The molecule has 0 aromatic heterocycles. The van der Waals surface area contributed by atoms with Crippen molar-refractivity contribution in [2.45, 2.75) is 20.3 Å². The normalized spacial score (nSPS) is 17.0. The van der Waals surface area contributed by atoms with Gasteiger partial charge in [-0.2, -0.15) is 0 Å². The van der Waals surface area contributed by atoms with Gasteiger partial charge in [-0.3, -0.25) is 0 Å². The molecule has 0 saturated carbocycles. The SMILES string of the molecule is CCc1ccc(C)c2c1OS(=O)(=O)O2. The van der Waals surface area contributed by atoms with Crippen LogP contribution in [0.1, 0.15) is 18.1 Å². The van der Waals surface area contributed by atoms with Gasteiger partial charge in [-0.15, -0.1) is 8.42 Å². The van der Waals surface area contributed by atoms with Crippen LogP contribution < -0.4 is 8.37 Å². The maximum absolute atomic E-state index is 11.1. The smallest absolute Gasteiger partial charge is 0.348 e. The molecule has 0 N–H and O–H groups in total. The molecular weight excluding hydrogens is 204 g/mol. The molecule has 0 fully saturated rings. The van der Waals surface area contributed by atoms with Gasteiger partial charge in [-0.25, -0.2) is 0 Å². The highest BCUT2D eigenvalue weighted by atomic mass is 32.3. The Morgan fingerprint density at radius 2 is 1.86 bits per heavy atom. The Morgan fingerprint density at radius 1 is 1.21 bits per heavy atom. The first-order valence-electron chi connectivity index (χ1n) is 4.30. The zero-order valence-electron chi connectivity index (χ0n) is 7.90. The minimum atomic E-state index is -3.86. The van der Waals surface area contributed by atoms with Gasteiger partial charge in [0.05, 0.1) is 0 Å². The molecule has 0 unspecified atom stereocenters. The van der Waals surface area contributed by atoms with Crippen LogP contribution in [0, 0.1) is 6.92 Å². The van der Waals surface area contributed by atoms with Crippen LogP contribution in [0.4, 0.5) is 0 Å². The molecular formula is C9H10O4S. The first-order chi connectivity index (χ1) is 6.53. The van der Waals surface area contributed by atoms with E-state index in [0.717, 1.165) is 11.1 Å². The molecule has 1 aliphatic heterocycles. The Labute approximate surface area is 82.8 Å². The average molecular weight is 214 g/mol. The zero-order chi connectivity index (χ0) is 10.3. The highest BCUT2D eigenvalue weighted by Crippen LogP contribution is 2.41. The van der Waals surface area contributed by atoms with Crippen LogP contribution in [-0.2, 0) is 16.8 Å². The van der Waals surface area contributed by atoms with Crippen molar-refractivity contribution in [2.75, 3.05) is 0 Å². The molecule has 1 heterocycles. The molecule has 14 heavy (non-hydrogen) atoms. The lowest BCUT2D eigenvalue weighted by Crippen LogP contribution is -2.08. The van der Waals surface area contributed by atoms with Crippen LogP contribution in [0.2, 0.25) is 0 Å². The van der Waals surface area contributed by atoms with Gasteiger partial charge in [0.25, 0.3) is 0 Å². The molecule has 0 saturated heterocycles. The van der Waals surface area contributed by atoms with Gasteiger partial charge >= 0.3 is 10.4 Å². The van der Waals surface area contributed by atoms with Gasteiger partial charge in [0.1, 0.15) is 0 Å². The second-order valence-electron chi connectivity index (χ2n) is 3.13. The summed E-state index contributed by atoms with van der Waals surface area (Å²) in [5.74, 6) is 0.664.